The van der Waals surface area contributed by atoms with Crippen LogP contribution in [0.3, 0.4) is 0 Å². The smallest absolute Gasteiger partial charge is 0.350 e. The van der Waals surface area contributed by atoms with Crippen LogP contribution in [-0.2, 0) is 0 Å². The second kappa shape index (κ2) is 16.4. The Balaban J connectivity index is 0.820. The van der Waals surface area contributed by atoms with Crippen molar-refractivity contribution in [1.82, 2.24) is 0 Å². The topological polar surface area (TPSA) is 18.5 Å². The second-order valence-corrected chi connectivity index (χ2v) is 24.6. The van der Waals surface area contributed by atoms with Gasteiger partial charge >= 0.3 is 9.17 Å². The van der Waals surface area contributed by atoms with Crippen LogP contribution in [-0.4, -0.2) is 22.4 Å². The molecule has 2 heterocycles. The van der Waals surface area contributed by atoms with E-state index < -0.39 is 9.17 Å². The molecule has 1 aromatic carbocycles. The maximum atomic E-state index is 15.2. The maximum absolute atomic E-state index is 15.2. The predicted molar refractivity (Wildman–Crippen MR) is 221 cm³/mol. The molecular weight excluding hydrogens is 777 g/mol. The number of fused-ring (bicyclic) bond motifs is 4. The molecule has 55 heavy (non-hydrogen) atoms. The fraction of sp³-hybridized carbons (Fsp3) is 0.867. The Morgan fingerprint density at radius 2 is 1.07 bits per heavy atom. The highest BCUT2D eigenvalue weighted by Gasteiger charge is 2.58. The van der Waals surface area contributed by atoms with Crippen molar-refractivity contribution in [2.45, 2.75) is 172 Å². The summed E-state index contributed by atoms with van der Waals surface area (Å²) >= 11 is 1.85. The van der Waals surface area contributed by atoms with Gasteiger partial charge in [0.2, 0.25) is 0 Å². The molecule has 0 spiro atoms. The molecule has 0 radical (unpaired) electrons. The fourth-order valence-corrected chi connectivity index (χ4v) is 17.8. The minimum Gasteiger partial charge on any atom is -0.491 e. The van der Waals surface area contributed by atoms with Gasteiger partial charge < -0.3 is 9.47 Å². The highest BCUT2D eigenvalue weighted by atomic mass is 32.2. The van der Waals surface area contributed by atoms with Gasteiger partial charge in [0.05, 0.1) is 32.8 Å². The van der Waals surface area contributed by atoms with Crippen LogP contribution >= 0.6 is 47.0 Å². The highest BCUT2D eigenvalue weighted by Crippen LogP contribution is 2.72. The molecule has 0 N–H and O–H groups in total. The van der Waals surface area contributed by atoms with Crippen LogP contribution in [0, 0.1) is 76.9 Å². The van der Waals surface area contributed by atoms with E-state index in [-0.39, 0.29) is 11.5 Å². The first-order valence-electron chi connectivity index (χ1n) is 22.5. The number of halogens is 4. The van der Waals surface area contributed by atoms with Gasteiger partial charge in [0, 0.05) is 0 Å². The monoisotopic (exact) mass is 840 g/mol. The standard InChI is InChI=1S/C45H64F4O2S4/c1-4-6-26(3)28-15-21-34-35(22-16-28)37(34)31-17-19-32-33(20-18-31)36(32)24-51-39-42-40(52-44(46,47)54-42)38(41-43(39)55-45(48,49)53-41)50-23-27-10-13-30(14-11-27)29-8-5-7-25(2)9-12-29/h25-37H,4-24H2,1-3H3. The van der Waals surface area contributed by atoms with Gasteiger partial charge in [-0.2, -0.15) is 17.6 Å². The molecule has 7 unspecified atom stereocenters. The van der Waals surface area contributed by atoms with E-state index in [4.69, 9.17) is 9.47 Å². The highest BCUT2D eigenvalue weighted by molar-refractivity contribution is 8.21. The van der Waals surface area contributed by atoms with Crippen molar-refractivity contribution in [2.24, 2.45) is 76.9 Å². The van der Waals surface area contributed by atoms with Gasteiger partial charge in [-0.05, 0) is 207 Å². The number of hydrogen-bond donors (Lipinski definition) is 0. The lowest BCUT2D eigenvalue weighted by molar-refractivity contribution is 0.142. The van der Waals surface area contributed by atoms with Crippen molar-refractivity contribution >= 4 is 47.0 Å². The minimum absolute atomic E-state index is 0.242. The number of ether oxygens (including phenoxy) is 2. The lowest BCUT2D eigenvalue weighted by Crippen LogP contribution is -2.25. The number of rotatable bonds is 11. The number of hydrogen-bond acceptors (Lipinski definition) is 6. The molecule has 6 aliphatic carbocycles. The average Bonchev–Trinajstić information content (AvgIpc) is 4.00. The Labute approximate surface area is 345 Å². The van der Waals surface area contributed by atoms with Crippen molar-refractivity contribution < 1.29 is 27.0 Å². The Bertz CT molecular complexity index is 1460. The summed E-state index contributed by atoms with van der Waals surface area (Å²) in [4.78, 5) is 1.22. The summed E-state index contributed by atoms with van der Waals surface area (Å²) in [5.74, 6) is 10.4. The van der Waals surface area contributed by atoms with E-state index in [1.807, 2.05) is 0 Å². The third-order valence-electron chi connectivity index (χ3n) is 16.3. The minimum atomic E-state index is -3.09. The van der Waals surface area contributed by atoms with Crippen LogP contribution in [0.4, 0.5) is 17.6 Å². The lowest BCUT2D eigenvalue weighted by atomic mass is 9.73. The van der Waals surface area contributed by atoms with Crippen molar-refractivity contribution in [2.75, 3.05) is 13.2 Å². The molecule has 2 nitrogen and oxygen atoms in total. The summed E-state index contributed by atoms with van der Waals surface area (Å²) in [6.07, 6.45) is 24.7. The van der Waals surface area contributed by atoms with Crippen molar-refractivity contribution in [3.63, 3.8) is 0 Å². The van der Waals surface area contributed by atoms with E-state index in [2.05, 4.69) is 20.8 Å². The van der Waals surface area contributed by atoms with E-state index in [9.17, 15) is 0 Å². The Morgan fingerprint density at radius 1 is 0.582 bits per heavy atom. The zero-order valence-corrected chi connectivity index (χ0v) is 36.6. The van der Waals surface area contributed by atoms with Crippen LogP contribution in [0.5, 0.6) is 11.5 Å². The van der Waals surface area contributed by atoms with Gasteiger partial charge in [-0.3, -0.25) is 0 Å². The zero-order chi connectivity index (χ0) is 38.1. The molecule has 0 bridgehead atoms. The molecule has 6 saturated carbocycles. The number of thioether (sulfide) groups is 4. The molecule has 6 fully saturated rings. The van der Waals surface area contributed by atoms with E-state index in [1.54, 1.807) is 0 Å². The second-order valence-electron chi connectivity index (χ2n) is 19.6. The first-order chi connectivity index (χ1) is 26.5. The molecule has 10 heteroatoms. The van der Waals surface area contributed by atoms with E-state index in [1.165, 1.54) is 109 Å². The Morgan fingerprint density at radius 3 is 1.64 bits per heavy atom. The van der Waals surface area contributed by atoms with Crippen LogP contribution in [0.2, 0.25) is 0 Å². The molecule has 308 valence electrons. The average molecular weight is 841 g/mol. The molecule has 0 saturated heterocycles. The molecule has 0 amide bonds. The summed E-state index contributed by atoms with van der Waals surface area (Å²) in [6, 6.07) is 0. The first-order valence-corrected chi connectivity index (χ1v) is 25.8. The SMILES string of the molecule is CCCC(C)C1CCC2C(CC1)C2C1CCC2C(CC1)C2COc1c2c(c(OCC3CCC(C4CCCC(C)CC4)CC3)c3c1SC(F)(F)S3)SC(F)(F)S2. The van der Waals surface area contributed by atoms with E-state index >= 15 is 17.6 Å². The van der Waals surface area contributed by atoms with E-state index in [0.717, 1.165) is 66.1 Å². The van der Waals surface area contributed by atoms with Crippen LogP contribution in [0.1, 0.15) is 143 Å². The zero-order valence-electron chi connectivity index (χ0n) is 33.3. The summed E-state index contributed by atoms with van der Waals surface area (Å²) in [5.41, 5.74) is 0. The molecule has 9 rings (SSSR count). The van der Waals surface area contributed by atoms with E-state index in [0.29, 0.717) is 104 Å². The summed E-state index contributed by atoms with van der Waals surface area (Å²) in [6.45, 7) is 8.02. The van der Waals surface area contributed by atoms with Crippen molar-refractivity contribution in [3.05, 3.63) is 0 Å². The summed E-state index contributed by atoms with van der Waals surface area (Å²) in [7, 11) is 0. The molecule has 2 aliphatic heterocycles. The van der Waals surface area contributed by atoms with Gasteiger partial charge in [-0.25, -0.2) is 0 Å². The largest absolute Gasteiger partial charge is 0.491 e. The van der Waals surface area contributed by atoms with Gasteiger partial charge in [-0.15, -0.1) is 0 Å². The Hall–Kier alpha value is -0.0600. The summed E-state index contributed by atoms with van der Waals surface area (Å²) in [5, 5.41) is 0. The van der Waals surface area contributed by atoms with Gasteiger partial charge in [0.1, 0.15) is 11.5 Å². The molecule has 0 aromatic heterocycles. The van der Waals surface area contributed by atoms with Crippen LogP contribution < -0.4 is 9.47 Å². The molecule has 1 aromatic rings. The number of benzene rings is 1. The fourth-order valence-electron chi connectivity index (χ4n) is 13.1. The third-order valence-corrected chi connectivity index (χ3v) is 20.9. The van der Waals surface area contributed by atoms with Crippen molar-refractivity contribution in [3.8, 4) is 11.5 Å². The lowest BCUT2D eigenvalue weighted by Gasteiger charge is -2.33. The van der Waals surface area contributed by atoms with Crippen molar-refractivity contribution in [1.29, 1.82) is 0 Å². The first kappa shape index (κ1) is 40.4. The molecule has 7 atom stereocenters. The molecular formula is C45H64F4O2S4. The Kier molecular flexibility index (Phi) is 12.0. The van der Waals surface area contributed by atoms with Gasteiger partial charge in [0.15, 0.2) is 0 Å². The van der Waals surface area contributed by atoms with Gasteiger partial charge in [0.25, 0.3) is 0 Å². The quantitative estimate of drug-likeness (QED) is 0.162. The van der Waals surface area contributed by atoms with Gasteiger partial charge in [-0.1, -0.05) is 59.3 Å². The normalized spacial score (nSPS) is 40.7. The maximum Gasteiger partial charge on any atom is 0.350 e. The van der Waals surface area contributed by atoms with Crippen LogP contribution in [0.25, 0.3) is 0 Å². The molecule has 8 aliphatic rings. The summed E-state index contributed by atoms with van der Waals surface area (Å²) < 4.78 is 67.5. The van der Waals surface area contributed by atoms with Crippen LogP contribution in [0.15, 0.2) is 19.6 Å². The third kappa shape index (κ3) is 8.62. The number of alkyl halides is 4. The predicted octanol–water partition coefficient (Wildman–Crippen LogP) is 15.5.